The monoisotopic (exact) mass is 250 g/mol. The van der Waals surface area contributed by atoms with Gasteiger partial charge < -0.3 is 9.64 Å². The van der Waals surface area contributed by atoms with Crippen LogP contribution < -0.4 is 0 Å². The zero-order chi connectivity index (χ0) is 13.6. The molecule has 0 amide bonds. The fourth-order valence-corrected chi connectivity index (χ4v) is 1.95. The molecule has 1 rings (SSSR count). The molecule has 0 atom stereocenters. The summed E-state index contributed by atoms with van der Waals surface area (Å²) in [6.07, 6.45) is 2.68. The molecule has 100 valence electrons. The van der Waals surface area contributed by atoms with Gasteiger partial charge in [0, 0.05) is 31.4 Å². The van der Waals surface area contributed by atoms with Crippen LogP contribution in [0.15, 0.2) is 24.4 Å². The van der Waals surface area contributed by atoms with Crippen LogP contribution in [0.1, 0.15) is 19.5 Å². The molecule has 1 aromatic rings. The molecule has 0 radical (unpaired) electrons. The Morgan fingerprint density at radius 3 is 2.72 bits per heavy atom. The van der Waals surface area contributed by atoms with E-state index in [1.165, 1.54) is 7.11 Å². The molecule has 0 aromatic carbocycles. The van der Waals surface area contributed by atoms with Crippen LogP contribution >= 0.6 is 0 Å². The fourth-order valence-electron chi connectivity index (χ4n) is 1.95. The highest BCUT2D eigenvalue weighted by molar-refractivity contribution is 5.76. The third kappa shape index (κ3) is 4.45. The number of aromatic nitrogens is 1. The largest absolute Gasteiger partial charge is 0.469 e. The normalized spacial score (nSPS) is 11.6. The number of rotatable bonds is 6. The summed E-state index contributed by atoms with van der Waals surface area (Å²) >= 11 is 0. The van der Waals surface area contributed by atoms with Crippen molar-refractivity contribution in [3.63, 3.8) is 0 Å². The van der Waals surface area contributed by atoms with E-state index < -0.39 is 5.41 Å². The van der Waals surface area contributed by atoms with Crippen molar-refractivity contribution >= 4 is 5.97 Å². The van der Waals surface area contributed by atoms with E-state index in [2.05, 4.69) is 9.88 Å². The minimum atomic E-state index is -0.479. The van der Waals surface area contributed by atoms with Crippen molar-refractivity contribution in [2.75, 3.05) is 27.2 Å². The Labute approximate surface area is 109 Å². The van der Waals surface area contributed by atoms with Gasteiger partial charge in [0.25, 0.3) is 0 Å². The molecule has 0 spiro atoms. The number of hydrogen-bond acceptors (Lipinski definition) is 4. The van der Waals surface area contributed by atoms with Crippen LogP contribution in [0.2, 0.25) is 0 Å². The van der Waals surface area contributed by atoms with Gasteiger partial charge in [0.15, 0.2) is 0 Å². The molecule has 18 heavy (non-hydrogen) atoms. The van der Waals surface area contributed by atoms with Gasteiger partial charge in [0.1, 0.15) is 0 Å². The van der Waals surface area contributed by atoms with Gasteiger partial charge in [-0.25, -0.2) is 0 Å². The number of hydrogen-bond donors (Lipinski definition) is 0. The summed E-state index contributed by atoms with van der Waals surface area (Å²) in [4.78, 5) is 18.0. The van der Waals surface area contributed by atoms with E-state index in [9.17, 15) is 4.79 Å². The second-order valence-corrected chi connectivity index (χ2v) is 5.18. The lowest BCUT2D eigenvalue weighted by Gasteiger charge is -2.27. The predicted octanol–water partition coefficient (Wildman–Crippen LogP) is 1.76. The molecule has 4 nitrogen and oxygen atoms in total. The Hall–Kier alpha value is -1.42. The zero-order valence-corrected chi connectivity index (χ0v) is 11.6. The summed E-state index contributed by atoms with van der Waals surface area (Å²) in [6, 6.07) is 5.91. The lowest BCUT2D eigenvalue weighted by atomic mass is 9.93. The zero-order valence-electron chi connectivity index (χ0n) is 11.6. The number of nitrogens with zero attached hydrogens (tertiary/aromatic N) is 2. The minimum absolute atomic E-state index is 0.174. The van der Waals surface area contributed by atoms with E-state index in [0.717, 1.165) is 18.7 Å². The Morgan fingerprint density at radius 2 is 2.17 bits per heavy atom. The number of carbonyl (C=O) groups is 1. The third-order valence-electron chi connectivity index (χ3n) is 2.88. The van der Waals surface area contributed by atoms with Gasteiger partial charge in [-0.1, -0.05) is 6.07 Å². The van der Waals surface area contributed by atoms with Crippen LogP contribution in [-0.2, 0) is 16.0 Å². The van der Waals surface area contributed by atoms with Gasteiger partial charge in [0.05, 0.1) is 12.5 Å². The van der Waals surface area contributed by atoms with Crippen LogP contribution in [0.3, 0.4) is 0 Å². The Kier molecular flexibility index (Phi) is 5.28. The summed E-state index contributed by atoms with van der Waals surface area (Å²) < 4.78 is 4.80. The van der Waals surface area contributed by atoms with Crippen LogP contribution in [-0.4, -0.2) is 43.1 Å². The van der Waals surface area contributed by atoms with Gasteiger partial charge in [-0.3, -0.25) is 9.78 Å². The molecule has 0 aliphatic heterocycles. The second kappa shape index (κ2) is 6.50. The second-order valence-electron chi connectivity index (χ2n) is 5.18. The first-order valence-electron chi connectivity index (χ1n) is 6.12. The first-order valence-corrected chi connectivity index (χ1v) is 6.12. The number of methoxy groups -OCH3 is 1. The first-order chi connectivity index (χ1) is 8.45. The fraction of sp³-hybridized carbons (Fsp3) is 0.571. The first kappa shape index (κ1) is 14.6. The summed E-state index contributed by atoms with van der Waals surface area (Å²) in [5.41, 5.74) is 0.591. The van der Waals surface area contributed by atoms with Gasteiger partial charge >= 0.3 is 5.97 Å². The highest BCUT2D eigenvalue weighted by atomic mass is 16.5. The van der Waals surface area contributed by atoms with Crippen LogP contribution in [0.4, 0.5) is 0 Å². The molecule has 0 unspecified atom stereocenters. The molecule has 0 aliphatic carbocycles. The summed E-state index contributed by atoms with van der Waals surface area (Å²) in [7, 11) is 3.44. The quantitative estimate of drug-likeness (QED) is 0.721. The maximum atomic E-state index is 11.6. The van der Waals surface area contributed by atoms with E-state index in [1.54, 1.807) is 6.20 Å². The number of pyridine rings is 1. The van der Waals surface area contributed by atoms with Crippen LogP contribution in [0, 0.1) is 5.41 Å². The van der Waals surface area contributed by atoms with Crippen molar-refractivity contribution < 1.29 is 9.53 Å². The Bertz CT molecular complexity index is 377. The van der Waals surface area contributed by atoms with Crippen molar-refractivity contribution in [2.24, 2.45) is 5.41 Å². The van der Waals surface area contributed by atoms with E-state index in [-0.39, 0.29) is 5.97 Å². The topological polar surface area (TPSA) is 42.4 Å². The Balaban J connectivity index is 2.42. The molecule has 0 saturated carbocycles. The number of likely N-dealkylation sites (N-methyl/N-ethyl adjacent to an activating group) is 1. The summed E-state index contributed by atoms with van der Waals surface area (Å²) in [6.45, 7) is 5.34. The van der Waals surface area contributed by atoms with Gasteiger partial charge in [0.2, 0.25) is 0 Å². The predicted molar refractivity (Wildman–Crippen MR) is 71.2 cm³/mol. The average molecular weight is 250 g/mol. The smallest absolute Gasteiger partial charge is 0.312 e. The highest BCUT2D eigenvalue weighted by Crippen LogP contribution is 2.18. The van der Waals surface area contributed by atoms with Gasteiger partial charge in [-0.05, 0) is 33.0 Å². The lowest BCUT2D eigenvalue weighted by Crippen LogP contribution is -2.38. The molecule has 0 N–H and O–H groups in total. The maximum Gasteiger partial charge on any atom is 0.312 e. The summed E-state index contributed by atoms with van der Waals surface area (Å²) in [5.74, 6) is -0.174. The molecule has 1 aromatic heterocycles. The van der Waals surface area contributed by atoms with Crippen molar-refractivity contribution in [1.29, 1.82) is 0 Å². The maximum absolute atomic E-state index is 11.6. The van der Waals surface area contributed by atoms with E-state index >= 15 is 0 Å². The molecular formula is C14H22N2O2. The number of ether oxygens (including phenoxy) is 1. The van der Waals surface area contributed by atoms with Crippen molar-refractivity contribution in [1.82, 2.24) is 9.88 Å². The minimum Gasteiger partial charge on any atom is -0.469 e. The van der Waals surface area contributed by atoms with E-state index in [1.807, 2.05) is 39.1 Å². The van der Waals surface area contributed by atoms with Crippen LogP contribution in [0.5, 0.6) is 0 Å². The lowest BCUT2D eigenvalue weighted by molar-refractivity contribution is -0.151. The third-order valence-corrected chi connectivity index (χ3v) is 2.88. The standard InChI is InChI=1S/C14H22N2O2/c1-14(2,13(17)18-4)11-16(3)10-8-12-7-5-6-9-15-12/h5-7,9H,8,10-11H2,1-4H3. The molecule has 1 heterocycles. The van der Waals surface area contributed by atoms with Gasteiger partial charge in [-0.2, -0.15) is 0 Å². The van der Waals surface area contributed by atoms with E-state index in [4.69, 9.17) is 4.74 Å². The number of carbonyl (C=O) groups excluding carboxylic acids is 1. The van der Waals surface area contributed by atoms with Crippen LogP contribution in [0.25, 0.3) is 0 Å². The SMILES string of the molecule is COC(=O)C(C)(C)CN(C)CCc1ccccn1. The molecule has 0 saturated heterocycles. The summed E-state index contributed by atoms with van der Waals surface area (Å²) in [5, 5.41) is 0. The van der Waals surface area contributed by atoms with Gasteiger partial charge in [-0.15, -0.1) is 0 Å². The average Bonchev–Trinajstić information content (AvgIpc) is 2.36. The Morgan fingerprint density at radius 1 is 1.44 bits per heavy atom. The molecule has 0 fully saturated rings. The molecule has 4 heteroatoms. The molecular weight excluding hydrogens is 228 g/mol. The van der Waals surface area contributed by atoms with Crippen molar-refractivity contribution in [3.05, 3.63) is 30.1 Å². The van der Waals surface area contributed by atoms with Crippen molar-refractivity contribution in [2.45, 2.75) is 20.3 Å². The highest BCUT2D eigenvalue weighted by Gasteiger charge is 2.29. The molecule has 0 aliphatic rings. The van der Waals surface area contributed by atoms with Crippen molar-refractivity contribution in [3.8, 4) is 0 Å². The molecule has 0 bridgehead atoms. The van der Waals surface area contributed by atoms with E-state index in [0.29, 0.717) is 6.54 Å². The number of esters is 1.